The summed E-state index contributed by atoms with van der Waals surface area (Å²) in [6.45, 7) is 4.84. The van der Waals surface area contributed by atoms with Gasteiger partial charge < -0.3 is 5.32 Å². The maximum Gasteiger partial charge on any atom is 0.223 e. The van der Waals surface area contributed by atoms with E-state index in [2.05, 4.69) is 31.3 Å². The minimum atomic E-state index is 0.212. The first-order valence-corrected chi connectivity index (χ1v) is 5.50. The molecule has 1 fully saturated rings. The number of nitrogens with one attached hydrogen (secondary N) is 1. The number of rotatable bonds is 3. The molecule has 2 atom stereocenters. The molecule has 1 aliphatic carbocycles. The van der Waals surface area contributed by atoms with Crippen LogP contribution in [0.4, 0.5) is 0 Å². The fourth-order valence-electron chi connectivity index (χ4n) is 1.83. The molecule has 1 amide bonds. The van der Waals surface area contributed by atoms with Crippen LogP contribution in [0.5, 0.6) is 0 Å². The minimum Gasteiger partial charge on any atom is -0.352 e. The summed E-state index contributed by atoms with van der Waals surface area (Å²) >= 11 is 0. The Morgan fingerprint density at radius 3 is 2.87 bits per heavy atom. The molecule has 0 radical (unpaired) electrons. The smallest absolute Gasteiger partial charge is 0.223 e. The molecule has 0 aliphatic heterocycles. The molecule has 2 unspecified atom stereocenters. The van der Waals surface area contributed by atoms with Gasteiger partial charge in [-0.2, -0.15) is 0 Å². The van der Waals surface area contributed by atoms with Crippen molar-refractivity contribution in [2.45, 2.75) is 26.8 Å². The summed E-state index contributed by atoms with van der Waals surface area (Å²) in [5.41, 5.74) is 2.41. The van der Waals surface area contributed by atoms with E-state index < -0.39 is 0 Å². The molecule has 0 aromatic heterocycles. The summed E-state index contributed by atoms with van der Waals surface area (Å²) in [6.07, 6.45) is 1.06. The van der Waals surface area contributed by atoms with Crippen molar-refractivity contribution in [1.29, 1.82) is 0 Å². The predicted octanol–water partition coefficient (Wildman–Crippen LogP) is 2.27. The number of aryl methyl sites for hydroxylation is 1. The van der Waals surface area contributed by atoms with Gasteiger partial charge in [0.25, 0.3) is 0 Å². The summed E-state index contributed by atoms with van der Waals surface area (Å²) in [4.78, 5) is 11.6. The Balaban J connectivity index is 1.85. The molecule has 2 nitrogen and oxygen atoms in total. The maximum atomic E-state index is 11.6. The van der Waals surface area contributed by atoms with Gasteiger partial charge >= 0.3 is 0 Å². The molecule has 80 valence electrons. The summed E-state index contributed by atoms with van der Waals surface area (Å²) in [5, 5.41) is 2.98. The Morgan fingerprint density at radius 2 is 2.27 bits per heavy atom. The first kappa shape index (κ1) is 10.2. The zero-order chi connectivity index (χ0) is 10.8. The Morgan fingerprint density at radius 1 is 1.53 bits per heavy atom. The maximum absolute atomic E-state index is 11.6. The number of hydrogen-bond donors (Lipinski definition) is 1. The van der Waals surface area contributed by atoms with Crippen LogP contribution in [0.1, 0.15) is 24.5 Å². The number of hydrogen-bond acceptors (Lipinski definition) is 1. The van der Waals surface area contributed by atoms with Gasteiger partial charge in [-0.05, 0) is 24.8 Å². The van der Waals surface area contributed by atoms with Crippen LogP contribution in [0.15, 0.2) is 24.3 Å². The second kappa shape index (κ2) is 4.05. The van der Waals surface area contributed by atoms with Crippen molar-refractivity contribution in [2.75, 3.05) is 0 Å². The van der Waals surface area contributed by atoms with Crippen LogP contribution < -0.4 is 5.32 Å². The first-order valence-electron chi connectivity index (χ1n) is 5.50. The summed E-state index contributed by atoms with van der Waals surface area (Å²) in [6, 6.07) is 8.24. The Kier molecular flexibility index (Phi) is 2.76. The highest BCUT2D eigenvalue weighted by Gasteiger charge is 2.38. The van der Waals surface area contributed by atoms with Gasteiger partial charge in [-0.15, -0.1) is 0 Å². The summed E-state index contributed by atoms with van der Waals surface area (Å²) < 4.78 is 0. The van der Waals surface area contributed by atoms with Crippen LogP contribution in [-0.4, -0.2) is 5.91 Å². The van der Waals surface area contributed by atoms with E-state index in [1.807, 2.05) is 12.1 Å². The van der Waals surface area contributed by atoms with Crippen molar-refractivity contribution in [3.8, 4) is 0 Å². The molecule has 0 saturated heterocycles. The number of amides is 1. The molecular formula is C13H17NO. The SMILES string of the molecule is Cc1cccc(CNC(=O)C2CC2C)c1. The van der Waals surface area contributed by atoms with E-state index in [9.17, 15) is 4.79 Å². The van der Waals surface area contributed by atoms with Crippen molar-refractivity contribution in [3.05, 3.63) is 35.4 Å². The van der Waals surface area contributed by atoms with Gasteiger partial charge in [-0.3, -0.25) is 4.79 Å². The standard InChI is InChI=1S/C13H17NO/c1-9-4-3-5-11(6-9)8-14-13(15)12-7-10(12)2/h3-6,10,12H,7-8H2,1-2H3,(H,14,15). The second-order valence-electron chi connectivity index (χ2n) is 4.53. The average Bonchev–Trinajstić information content (AvgIpc) is 2.92. The van der Waals surface area contributed by atoms with E-state index in [-0.39, 0.29) is 11.8 Å². The normalized spacial score (nSPS) is 23.6. The molecule has 0 spiro atoms. The largest absolute Gasteiger partial charge is 0.352 e. The second-order valence-corrected chi connectivity index (χ2v) is 4.53. The van der Waals surface area contributed by atoms with E-state index in [4.69, 9.17) is 0 Å². The molecule has 2 rings (SSSR count). The topological polar surface area (TPSA) is 29.1 Å². The minimum absolute atomic E-state index is 0.212. The van der Waals surface area contributed by atoms with E-state index in [0.717, 1.165) is 6.42 Å². The third-order valence-electron chi connectivity index (χ3n) is 3.00. The van der Waals surface area contributed by atoms with Gasteiger partial charge in [0.2, 0.25) is 5.91 Å². The molecule has 1 aromatic rings. The highest BCUT2D eigenvalue weighted by atomic mass is 16.2. The lowest BCUT2D eigenvalue weighted by Crippen LogP contribution is -2.24. The zero-order valence-electron chi connectivity index (χ0n) is 9.29. The number of carbonyl (C=O) groups is 1. The highest BCUT2D eigenvalue weighted by molar-refractivity contribution is 5.81. The lowest BCUT2D eigenvalue weighted by Gasteiger charge is -2.05. The van der Waals surface area contributed by atoms with Gasteiger partial charge in [0, 0.05) is 12.5 Å². The average molecular weight is 203 g/mol. The lowest BCUT2D eigenvalue weighted by molar-refractivity contribution is -0.122. The van der Waals surface area contributed by atoms with Crippen LogP contribution in [0.3, 0.4) is 0 Å². The van der Waals surface area contributed by atoms with Crippen molar-refractivity contribution in [1.82, 2.24) is 5.32 Å². The quantitative estimate of drug-likeness (QED) is 0.802. The fourth-order valence-corrected chi connectivity index (χ4v) is 1.83. The van der Waals surface area contributed by atoms with Crippen LogP contribution in [0, 0.1) is 18.8 Å². The predicted molar refractivity (Wildman–Crippen MR) is 60.3 cm³/mol. The van der Waals surface area contributed by atoms with Gasteiger partial charge in [0.1, 0.15) is 0 Å². The van der Waals surface area contributed by atoms with E-state index in [1.54, 1.807) is 0 Å². The van der Waals surface area contributed by atoms with Crippen LogP contribution in [0.2, 0.25) is 0 Å². The van der Waals surface area contributed by atoms with E-state index >= 15 is 0 Å². The molecule has 15 heavy (non-hydrogen) atoms. The Labute approximate surface area is 90.7 Å². The fraction of sp³-hybridized carbons (Fsp3) is 0.462. The highest BCUT2D eigenvalue weighted by Crippen LogP contribution is 2.37. The van der Waals surface area contributed by atoms with Gasteiger partial charge in [0.05, 0.1) is 0 Å². The molecule has 2 heteroatoms. The monoisotopic (exact) mass is 203 g/mol. The molecule has 1 aromatic carbocycles. The number of carbonyl (C=O) groups excluding carboxylic acids is 1. The Bertz CT molecular complexity index is 373. The van der Waals surface area contributed by atoms with Gasteiger partial charge in [0.15, 0.2) is 0 Å². The zero-order valence-corrected chi connectivity index (χ0v) is 9.29. The molecule has 1 N–H and O–H groups in total. The lowest BCUT2D eigenvalue weighted by atomic mass is 10.1. The van der Waals surface area contributed by atoms with Gasteiger partial charge in [-0.1, -0.05) is 36.8 Å². The summed E-state index contributed by atoms with van der Waals surface area (Å²) in [5.74, 6) is 1.07. The van der Waals surface area contributed by atoms with Crippen molar-refractivity contribution in [2.24, 2.45) is 11.8 Å². The molecule has 1 aliphatic rings. The van der Waals surface area contributed by atoms with E-state index in [0.29, 0.717) is 12.5 Å². The van der Waals surface area contributed by atoms with Crippen LogP contribution >= 0.6 is 0 Å². The van der Waals surface area contributed by atoms with Crippen LogP contribution in [0.25, 0.3) is 0 Å². The van der Waals surface area contributed by atoms with Crippen molar-refractivity contribution < 1.29 is 4.79 Å². The van der Waals surface area contributed by atoms with Gasteiger partial charge in [-0.25, -0.2) is 0 Å². The molecule has 0 heterocycles. The van der Waals surface area contributed by atoms with Crippen molar-refractivity contribution >= 4 is 5.91 Å². The van der Waals surface area contributed by atoms with E-state index in [1.165, 1.54) is 11.1 Å². The molecule has 0 bridgehead atoms. The Hall–Kier alpha value is -1.31. The molecule has 1 saturated carbocycles. The van der Waals surface area contributed by atoms with Crippen LogP contribution in [-0.2, 0) is 11.3 Å². The molecular weight excluding hydrogens is 186 g/mol. The first-order chi connectivity index (χ1) is 7.16. The number of benzene rings is 1. The van der Waals surface area contributed by atoms with Crippen molar-refractivity contribution in [3.63, 3.8) is 0 Å². The third-order valence-corrected chi connectivity index (χ3v) is 3.00. The third kappa shape index (κ3) is 2.58. The summed E-state index contributed by atoms with van der Waals surface area (Å²) in [7, 11) is 0.